The molecule has 0 aliphatic heterocycles. The summed E-state index contributed by atoms with van der Waals surface area (Å²) >= 11 is 12.0. The Morgan fingerprint density at radius 1 is 1.27 bits per heavy atom. The number of nitrogens with one attached hydrogen (secondary N) is 1. The maximum Gasteiger partial charge on any atom is 0.316 e. The molecule has 0 bridgehead atoms. The minimum atomic E-state index is -1.11. The van der Waals surface area contributed by atoms with E-state index in [0.717, 1.165) is 12.8 Å². The molecule has 1 N–H and O–H groups in total. The van der Waals surface area contributed by atoms with Gasteiger partial charge in [0.1, 0.15) is 9.75 Å². The zero-order chi connectivity index (χ0) is 16.0. The first-order valence-corrected chi connectivity index (χ1v) is 8.03. The normalized spacial score (nSPS) is 26.9. The van der Waals surface area contributed by atoms with Gasteiger partial charge in [0, 0.05) is 18.0 Å². The van der Waals surface area contributed by atoms with Crippen molar-refractivity contribution in [1.29, 1.82) is 0 Å². The zero-order valence-electron chi connectivity index (χ0n) is 12.1. The van der Waals surface area contributed by atoms with Crippen molar-refractivity contribution in [3.63, 3.8) is 0 Å². The lowest BCUT2D eigenvalue weighted by Gasteiger charge is -2.20. The minimum absolute atomic E-state index is 0.189. The lowest BCUT2D eigenvalue weighted by atomic mass is 10.1. The van der Waals surface area contributed by atoms with E-state index < -0.39 is 21.8 Å². The smallest absolute Gasteiger partial charge is 0.316 e. The molecule has 1 amide bonds. The van der Waals surface area contributed by atoms with Gasteiger partial charge in [0.05, 0.1) is 0 Å². The topological polar surface area (TPSA) is 55.4 Å². The first kappa shape index (κ1) is 15.6. The van der Waals surface area contributed by atoms with Crippen molar-refractivity contribution in [3.05, 3.63) is 35.9 Å². The van der Waals surface area contributed by atoms with Crippen molar-refractivity contribution in [2.24, 2.45) is 5.41 Å². The molecule has 4 nitrogen and oxygen atoms in total. The molecule has 2 aliphatic rings. The van der Waals surface area contributed by atoms with Gasteiger partial charge >= 0.3 is 5.97 Å². The standard InChI is InChI=1S/C16H17Cl2NO3/c1-15(9-16(15,17)18)14(21)22-12(10-5-3-2-4-6-10)13(20)19-11-7-8-11/h2-6,11-12H,7-9H2,1H3,(H,19,20)/t12-,15-/m0/s1. The van der Waals surface area contributed by atoms with Crippen LogP contribution in [0.2, 0.25) is 0 Å². The molecule has 2 saturated carbocycles. The van der Waals surface area contributed by atoms with Crippen LogP contribution in [0.15, 0.2) is 30.3 Å². The summed E-state index contributed by atoms with van der Waals surface area (Å²) in [7, 11) is 0. The number of hydrogen-bond acceptors (Lipinski definition) is 3. The third-order valence-electron chi connectivity index (χ3n) is 4.20. The van der Waals surface area contributed by atoms with E-state index in [4.69, 9.17) is 27.9 Å². The van der Waals surface area contributed by atoms with Crippen LogP contribution >= 0.6 is 23.2 Å². The summed E-state index contributed by atoms with van der Waals surface area (Å²) in [4.78, 5) is 24.7. The summed E-state index contributed by atoms with van der Waals surface area (Å²) in [6.07, 6.45) is 1.28. The van der Waals surface area contributed by atoms with Crippen LogP contribution in [0.1, 0.15) is 37.9 Å². The number of halogens is 2. The Bertz CT molecular complexity index is 601. The minimum Gasteiger partial charge on any atom is -0.447 e. The maximum absolute atomic E-state index is 12.4. The molecule has 2 fully saturated rings. The lowest BCUT2D eigenvalue weighted by Crippen LogP contribution is -2.35. The second-order valence-electron chi connectivity index (χ2n) is 6.19. The molecule has 3 rings (SSSR count). The monoisotopic (exact) mass is 341 g/mol. The van der Waals surface area contributed by atoms with Crippen LogP contribution in [-0.2, 0) is 14.3 Å². The number of benzene rings is 1. The van der Waals surface area contributed by atoms with Gasteiger partial charge in [-0.2, -0.15) is 0 Å². The van der Waals surface area contributed by atoms with Crippen molar-refractivity contribution in [3.8, 4) is 0 Å². The Balaban J connectivity index is 1.77. The molecule has 1 aromatic rings. The average molecular weight is 342 g/mol. The van der Waals surface area contributed by atoms with Crippen molar-refractivity contribution in [2.75, 3.05) is 0 Å². The summed E-state index contributed by atoms with van der Waals surface area (Å²) in [6, 6.07) is 9.14. The molecule has 0 unspecified atom stereocenters. The number of amides is 1. The summed E-state index contributed by atoms with van der Waals surface area (Å²) in [5.41, 5.74) is -0.323. The molecule has 2 aliphatic carbocycles. The summed E-state index contributed by atoms with van der Waals surface area (Å²) in [5, 5.41) is 2.87. The number of esters is 1. The summed E-state index contributed by atoms with van der Waals surface area (Å²) < 4.78 is 4.36. The molecular formula is C16H17Cl2NO3. The van der Waals surface area contributed by atoms with E-state index in [0.29, 0.717) is 12.0 Å². The second-order valence-corrected chi connectivity index (χ2v) is 7.68. The molecule has 0 heterocycles. The maximum atomic E-state index is 12.4. The van der Waals surface area contributed by atoms with Crippen LogP contribution in [-0.4, -0.2) is 22.3 Å². The highest BCUT2D eigenvalue weighted by Gasteiger charge is 2.69. The summed E-state index contributed by atoms with van der Waals surface area (Å²) in [6.45, 7) is 1.65. The van der Waals surface area contributed by atoms with Gasteiger partial charge < -0.3 is 10.1 Å². The molecular weight excluding hydrogens is 325 g/mol. The third-order valence-corrected chi connectivity index (χ3v) is 5.30. The van der Waals surface area contributed by atoms with Crippen molar-refractivity contribution in [1.82, 2.24) is 5.32 Å². The van der Waals surface area contributed by atoms with Gasteiger partial charge in [-0.05, 0) is 19.8 Å². The first-order valence-electron chi connectivity index (χ1n) is 7.28. The fraction of sp³-hybridized carbons (Fsp3) is 0.500. The van der Waals surface area contributed by atoms with Crippen LogP contribution < -0.4 is 5.32 Å². The number of rotatable bonds is 5. The van der Waals surface area contributed by atoms with Crippen molar-refractivity contribution < 1.29 is 14.3 Å². The number of ether oxygens (including phenoxy) is 1. The van der Waals surface area contributed by atoms with E-state index in [-0.39, 0.29) is 11.9 Å². The molecule has 0 radical (unpaired) electrons. The van der Waals surface area contributed by atoms with E-state index >= 15 is 0 Å². The van der Waals surface area contributed by atoms with E-state index in [9.17, 15) is 9.59 Å². The number of carbonyl (C=O) groups is 2. The predicted octanol–water partition coefficient (Wildman–Crippen LogP) is 3.13. The Kier molecular flexibility index (Phi) is 3.86. The van der Waals surface area contributed by atoms with E-state index in [1.54, 1.807) is 31.2 Å². The molecule has 1 aromatic carbocycles. The van der Waals surface area contributed by atoms with E-state index in [2.05, 4.69) is 5.32 Å². The number of carbonyl (C=O) groups excluding carboxylic acids is 2. The zero-order valence-corrected chi connectivity index (χ0v) is 13.7. The molecule has 118 valence electrons. The Morgan fingerprint density at radius 3 is 2.36 bits per heavy atom. The Morgan fingerprint density at radius 2 is 1.86 bits per heavy atom. The SMILES string of the molecule is C[C@@]1(C(=O)O[C@H](C(=O)NC2CC2)c2ccccc2)CC1(Cl)Cl. The van der Waals surface area contributed by atoms with Crippen LogP contribution in [0.25, 0.3) is 0 Å². The molecule has 0 spiro atoms. The first-order chi connectivity index (χ1) is 10.3. The summed E-state index contributed by atoms with van der Waals surface area (Å²) in [5.74, 6) is -0.849. The van der Waals surface area contributed by atoms with Gasteiger partial charge in [0.15, 0.2) is 0 Å². The highest BCUT2D eigenvalue weighted by Crippen LogP contribution is 2.64. The fourth-order valence-corrected chi connectivity index (χ4v) is 2.95. The number of hydrogen-bond donors (Lipinski definition) is 1. The Labute approximate surface area is 139 Å². The number of alkyl halides is 2. The largest absolute Gasteiger partial charge is 0.447 e. The molecule has 0 saturated heterocycles. The quantitative estimate of drug-likeness (QED) is 0.661. The van der Waals surface area contributed by atoms with Gasteiger partial charge in [-0.1, -0.05) is 30.3 Å². The van der Waals surface area contributed by atoms with E-state index in [1.807, 2.05) is 6.07 Å². The van der Waals surface area contributed by atoms with Crippen molar-refractivity contribution >= 4 is 35.1 Å². The third kappa shape index (κ3) is 2.95. The van der Waals surface area contributed by atoms with Crippen molar-refractivity contribution in [2.45, 2.75) is 42.7 Å². The highest BCUT2D eigenvalue weighted by atomic mass is 35.5. The molecule has 2 atom stereocenters. The van der Waals surface area contributed by atoms with Crippen LogP contribution in [0.5, 0.6) is 0 Å². The van der Waals surface area contributed by atoms with Crippen LogP contribution in [0, 0.1) is 5.41 Å². The molecule has 22 heavy (non-hydrogen) atoms. The van der Waals surface area contributed by atoms with Gasteiger partial charge in [0.2, 0.25) is 6.10 Å². The van der Waals surface area contributed by atoms with E-state index in [1.165, 1.54) is 0 Å². The van der Waals surface area contributed by atoms with Gasteiger partial charge in [-0.25, -0.2) is 0 Å². The van der Waals surface area contributed by atoms with Crippen LogP contribution in [0.4, 0.5) is 0 Å². The highest BCUT2D eigenvalue weighted by molar-refractivity contribution is 6.53. The van der Waals surface area contributed by atoms with Crippen LogP contribution in [0.3, 0.4) is 0 Å². The Hall–Kier alpha value is -1.26. The average Bonchev–Trinajstić information content (AvgIpc) is 3.36. The molecule has 0 aromatic heterocycles. The fourth-order valence-electron chi connectivity index (χ4n) is 2.26. The van der Waals surface area contributed by atoms with Gasteiger partial charge in [-0.15, -0.1) is 23.2 Å². The second kappa shape index (κ2) is 5.43. The molecule has 6 heteroatoms. The predicted molar refractivity (Wildman–Crippen MR) is 83.6 cm³/mol. The lowest BCUT2D eigenvalue weighted by molar-refractivity contribution is -0.161. The van der Waals surface area contributed by atoms with Gasteiger partial charge in [0.25, 0.3) is 5.91 Å². The van der Waals surface area contributed by atoms with Gasteiger partial charge in [-0.3, -0.25) is 9.59 Å².